The summed E-state index contributed by atoms with van der Waals surface area (Å²) in [6.07, 6.45) is 0. The summed E-state index contributed by atoms with van der Waals surface area (Å²) in [5.74, 6) is 0.649. The van der Waals surface area contributed by atoms with Crippen LogP contribution in [0.25, 0.3) is 10.8 Å². The first kappa shape index (κ1) is 10.0. The zero-order valence-electron chi connectivity index (χ0n) is 8.34. The summed E-state index contributed by atoms with van der Waals surface area (Å²) in [4.78, 5) is 0. The Morgan fingerprint density at radius 1 is 1.07 bits per heavy atom. The van der Waals surface area contributed by atoms with Gasteiger partial charge in [0.05, 0.1) is 7.11 Å². The highest BCUT2D eigenvalue weighted by molar-refractivity contribution is 6.62. The van der Waals surface area contributed by atoms with E-state index in [1.807, 2.05) is 18.2 Å². The van der Waals surface area contributed by atoms with Gasteiger partial charge in [-0.3, -0.25) is 0 Å². The highest BCUT2D eigenvalue weighted by atomic mass is 16.5. The molecule has 0 radical (unpaired) electrons. The lowest BCUT2D eigenvalue weighted by molar-refractivity contribution is 0.417. The van der Waals surface area contributed by atoms with Crippen LogP contribution in [0.4, 0.5) is 0 Å². The van der Waals surface area contributed by atoms with Gasteiger partial charge in [0.1, 0.15) is 5.75 Å². The summed E-state index contributed by atoms with van der Waals surface area (Å²) >= 11 is 0. The van der Waals surface area contributed by atoms with Crippen molar-refractivity contribution < 1.29 is 14.8 Å². The van der Waals surface area contributed by atoms with E-state index in [9.17, 15) is 10.0 Å². The Kier molecular flexibility index (Phi) is 2.62. The maximum atomic E-state index is 9.24. The first-order chi connectivity index (χ1) is 7.24. The van der Waals surface area contributed by atoms with Gasteiger partial charge in [0.15, 0.2) is 0 Å². The van der Waals surface area contributed by atoms with Crippen molar-refractivity contribution in [1.29, 1.82) is 0 Å². The van der Waals surface area contributed by atoms with Crippen LogP contribution in [-0.4, -0.2) is 24.3 Å². The average molecular weight is 202 g/mol. The van der Waals surface area contributed by atoms with Gasteiger partial charge >= 0.3 is 7.12 Å². The zero-order valence-corrected chi connectivity index (χ0v) is 8.34. The molecule has 0 aliphatic rings. The molecule has 2 N–H and O–H groups in total. The molecule has 0 bridgehead atoms. The van der Waals surface area contributed by atoms with Crippen LogP contribution in [0, 0.1) is 0 Å². The van der Waals surface area contributed by atoms with E-state index < -0.39 is 7.12 Å². The number of hydrogen-bond donors (Lipinski definition) is 2. The smallest absolute Gasteiger partial charge is 0.489 e. The molecule has 0 spiro atoms. The average Bonchev–Trinajstić information content (AvgIpc) is 2.27. The van der Waals surface area contributed by atoms with Crippen molar-refractivity contribution in [3.63, 3.8) is 0 Å². The minimum atomic E-state index is -1.48. The van der Waals surface area contributed by atoms with Gasteiger partial charge in [0.2, 0.25) is 0 Å². The van der Waals surface area contributed by atoms with Crippen LogP contribution >= 0.6 is 0 Å². The Labute approximate surface area is 88.1 Å². The van der Waals surface area contributed by atoms with Gasteiger partial charge in [-0.2, -0.15) is 0 Å². The third-order valence-electron chi connectivity index (χ3n) is 2.40. The quantitative estimate of drug-likeness (QED) is 0.698. The van der Waals surface area contributed by atoms with E-state index in [1.165, 1.54) is 0 Å². The van der Waals surface area contributed by atoms with Crippen LogP contribution in [0.1, 0.15) is 0 Å². The highest BCUT2D eigenvalue weighted by Crippen LogP contribution is 2.23. The molecule has 0 unspecified atom stereocenters. The lowest BCUT2D eigenvalue weighted by Gasteiger charge is -2.09. The molecular weight excluding hydrogens is 191 g/mol. The van der Waals surface area contributed by atoms with Gasteiger partial charge in [0.25, 0.3) is 0 Å². The van der Waals surface area contributed by atoms with Gasteiger partial charge < -0.3 is 14.8 Å². The number of benzene rings is 2. The van der Waals surface area contributed by atoms with Gasteiger partial charge in [-0.1, -0.05) is 30.3 Å². The first-order valence-corrected chi connectivity index (χ1v) is 4.66. The molecule has 0 fully saturated rings. The number of hydrogen-bond acceptors (Lipinski definition) is 3. The predicted molar refractivity (Wildman–Crippen MR) is 60.3 cm³/mol. The second kappa shape index (κ2) is 3.92. The number of ether oxygens (including phenoxy) is 1. The topological polar surface area (TPSA) is 49.7 Å². The minimum absolute atomic E-state index is 0.463. The molecule has 2 aromatic carbocycles. The molecule has 0 heterocycles. The third kappa shape index (κ3) is 1.69. The fourth-order valence-corrected chi connectivity index (χ4v) is 1.72. The number of fused-ring (bicyclic) bond motifs is 1. The molecule has 3 nitrogen and oxygen atoms in total. The van der Waals surface area contributed by atoms with Crippen molar-refractivity contribution in [2.75, 3.05) is 7.11 Å². The van der Waals surface area contributed by atoms with E-state index in [1.54, 1.807) is 25.3 Å². The van der Waals surface area contributed by atoms with Crippen molar-refractivity contribution in [2.45, 2.75) is 0 Å². The zero-order chi connectivity index (χ0) is 10.8. The number of rotatable bonds is 2. The SMILES string of the molecule is COc1cccc2cccc(B(O)O)c12. The van der Waals surface area contributed by atoms with Crippen molar-refractivity contribution in [2.24, 2.45) is 0 Å². The molecule has 15 heavy (non-hydrogen) atoms. The highest BCUT2D eigenvalue weighted by Gasteiger charge is 2.16. The summed E-state index contributed by atoms with van der Waals surface area (Å²) in [5, 5.41) is 20.2. The van der Waals surface area contributed by atoms with Crippen molar-refractivity contribution >= 4 is 23.4 Å². The fraction of sp³-hybridized carbons (Fsp3) is 0.0909. The summed E-state index contributed by atoms with van der Waals surface area (Å²) in [7, 11) is 0.0833. The summed E-state index contributed by atoms with van der Waals surface area (Å²) < 4.78 is 5.20. The fourth-order valence-electron chi connectivity index (χ4n) is 1.72. The van der Waals surface area contributed by atoms with Crippen LogP contribution in [0.15, 0.2) is 36.4 Å². The van der Waals surface area contributed by atoms with Gasteiger partial charge in [-0.15, -0.1) is 0 Å². The molecule has 0 saturated heterocycles. The van der Waals surface area contributed by atoms with Crippen LogP contribution in [-0.2, 0) is 0 Å². The molecule has 76 valence electrons. The van der Waals surface area contributed by atoms with Crippen LogP contribution < -0.4 is 10.2 Å². The Morgan fingerprint density at radius 2 is 1.73 bits per heavy atom. The Bertz CT molecular complexity index is 477. The van der Waals surface area contributed by atoms with Crippen LogP contribution in [0.3, 0.4) is 0 Å². The molecule has 0 aliphatic heterocycles. The minimum Gasteiger partial charge on any atom is -0.496 e. The van der Waals surface area contributed by atoms with E-state index in [2.05, 4.69) is 0 Å². The first-order valence-electron chi connectivity index (χ1n) is 4.66. The molecular formula is C11H11BO3. The summed E-state index contributed by atoms with van der Waals surface area (Å²) in [5.41, 5.74) is 0.463. The molecule has 2 rings (SSSR count). The van der Waals surface area contributed by atoms with Crippen molar-refractivity contribution in [3.8, 4) is 5.75 Å². The lowest BCUT2D eigenvalue weighted by Crippen LogP contribution is -2.30. The molecule has 0 aromatic heterocycles. The monoisotopic (exact) mass is 202 g/mol. The molecule has 0 atom stereocenters. The summed E-state index contributed by atoms with van der Waals surface area (Å²) in [6, 6.07) is 10.9. The van der Waals surface area contributed by atoms with Gasteiger partial charge in [0, 0.05) is 5.39 Å². The molecule has 0 amide bonds. The molecule has 0 saturated carbocycles. The van der Waals surface area contributed by atoms with Crippen LogP contribution in [0.2, 0.25) is 0 Å². The third-order valence-corrected chi connectivity index (χ3v) is 2.40. The van der Waals surface area contributed by atoms with E-state index in [0.29, 0.717) is 11.2 Å². The molecule has 2 aromatic rings. The Balaban J connectivity index is 2.81. The predicted octanol–water partition coefficient (Wildman–Crippen LogP) is 0.528. The largest absolute Gasteiger partial charge is 0.496 e. The van der Waals surface area contributed by atoms with E-state index in [4.69, 9.17) is 4.74 Å². The van der Waals surface area contributed by atoms with E-state index in [0.717, 1.165) is 10.8 Å². The van der Waals surface area contributed by atoms with E-state index in [-0.39, 0.29) is 0 Å². The summed E-state index contributed by atoms with van der Waals surface area (Å²) in [6.45, 7) is 0. The van der Waals surface area contributed by atoms with Crippen molar-refractivity contribution in [1.82, 2.24) is 0 Å². The molecule has 0 aliphatic carbocycles. The van der Waals surface area contributed by atoms with Crippen molar-refractivity contribution in [3.05, 3.63) is 36.4 Å². The lowest BCUT2D eigenvalue weighted by atomic mass is 9.77. The van der Waals surface area contributed by atoms with Crippen LogP contribution in [0.5, 0.6) is 5.75 Å². The van der Waals surface area contributed by atoms with Gasteiger partial charge in [-0.05, 0) is 16.9 Å². The second-order valence-corrected chi connectivity index (χ2v) is 3.28. The standard InChI is InChI=1S/C11H11BO3/c1-15-10-7-3-5-8-4-2-6-9(11(8)10)12(13)14/h2-7,13-14H,1H3. The number of methoxy groups -OCH3 is 1. The van der Waals surface area contributed by atoms with Gasteiger partial charge in [-0.25, -0.2) is 0 Å². The normalized spacial score (nSPS) is 10.3. The molecule has 4 heteroatoms. The maximum absolute atomic E-state index is 9.24. The Morgan fingerprint density at radius 3 is 2.33 bits per heavy atom. The second-order valence-electron chi connectivity index (χ2n) is 3.28. The Hall–Kier alpha value is -1.52. The van der Waals surface area contributed by atoms with E-state index >= 15 is 0 Å². The maximum Gasteiger partial charge on any atom is 0.489 e.